The molecule has 0 radical (unpaired) electrons. The summed E-state index contributed by atoms with van der Waals surface area (Å²) in [7, 11) is 1.27. The minimum atomic E-state index is -1.13. The van der Waals surface area contributed by atoms with Gasteiger partial charge in [-0.15, -0.1) is 0 Å². The number of ether oxygens (including phenoxy) is 1. The van der Waals surface area contributed by atoms with E-state index in [1.807, 2.05) is 31.2 Å². The molecular weight excluding hydrogens is 296 g/mol. The predicted octanol–water partition coefficient (Wildman–Crippen LogP) is 1.63. The van der Waals surface area contributed by atoms with Crippen LogP contribution in [-0.2, 0) is 19.1 Å². The number of esters is 1. The molecule has 1 atom stereocenters. The Balaban J connectivity index is 2.85. The highest BCUT2D eigenvalue weighted by atomic mass is 16.5. The van der Waals surface area contributed by atoms with Gasteiger partial charge in [0.25, 0.3) is 0 Å². The summed E-state index contributed by atoms with van der Waals surface area (Å²) in [5.41, 5.74) is 0.795. The molecule has 0 aromatic heterocycles. The number of aryl methyl sites for hydroxylation is 1. The van der Waals surface area contributed by atoms with Crippen molar-refractivity contribution in [2.24, 2.45) is 0 Å². The Morgan fingerprint density at radius 2 is 1.74 bits per heavy atom. The quantitative estimate of drug-likeness (QED) is 0.780. The van der Waals surface area contributed by atoms with E-state index in [2.05, 4.69) is 15.4 Å². The van der Waals surface area contributed by atoms with Crippen LogP contribution in [0.1, 0.15) is 44.4 Å². The van der Waals surface area contributed by atoms with Crippen molar-refractivity contribution in [3.8, 4) is 0 Å². The van der Waals surface area contributed by atoms with Crippen molar-refractivity contribution in [2.45, 2.75) is 45.7 Å². The fraction of sp³-hybridized carbons (Fsp3) is 0.471. The summed E-state index contributed by atoms with van der Waals surface area (Å²) in [4.78, 5) is 35.3. The Hall–Kier alpha value is -2.37. The van der Waals surface area contributed by atoms with Crippen LogP contribution in [0.5, 0.6) is 0 Å². The molecule has 0 heterocycles. The summed E-state index contributed by atoms with van der Waals surface area (Å²) in [6, 6.07) is 7.12. The van der Waals surface area contributed by atoms with Crippen molar-refractivity contribution < 1.29 is 19.1 Å². The summed E-state index contributed by atoms with van der Waals surface area (Å²) >= 11 is 0. The zero-order valence-corrected chi connectivity index (χ0v) is 14.2. The molecule has 0 aliphatic carbocycles. The van der Waals surface area contributed by atoms with E-state index < -0.39 is 17.6 Å². The largest absolute Gasteiger partial charge is 0.467 e. The van der Waals surface area contributed by atoms with Crippen LogP contribution in [0, 0.1) is 6.92 Å². The minimum absolute atomic E-state index is 0.0308. The number of benzene rings is 1. The lowest BCUT2D eigenvalue weighted by Crippen LogP contribution is -2.51. The molecule has 6 nitrogen and oxygen atoms in total. The topological polar surface area (TPSA) is 84.5 Å². The van der Waals surface area contributed by atoms with Gasteiger partial charge in [-0.05, 0) is 26.3 Å². The highest BCUT2D eigenvalue weighted by molar-refractivity contribution is 5.87. The third-order valence-electron chi connectivity index (χ3n) is 3.39. The minimum Gasteiger partial charge on any atom is -0.467 e. The Kier molecular flexibility index (Phi) is 6.30. The first-order valence-corrected chi connectivity index (χ1v) is 7.39. The first kappa shape index (κ1) is 18.7. The van der Waals surface area contributed by atoms with Crippen molar-refractivity contribution in [3.05, 3.63) is 35.4 Å². The molecule has 126 valence electrons. The molecule has 2 amide bonds. The van der Waals surface area contributed by atoms with E-state index in [0.29, 0.717) is 0 Å². The number of nitrogens with one attached hydrogen (secondary N) is 2. The molecule has 0 fully saturated rings. The monoisotopic (exact) mass is 320 g/mol. The van der Waals surface area contributed by atoms with Crippen LogP contribution in [0.3, 0.4) is 0 Å². The van der Waals surface area contributed by atoms with Crippen LogP contribution < -0.4 is 10.6 Å². The van der Waals surface area contributed by atoms with Gasteiger partial charge in [0, 0.05) is 6.92 Å². The Bertz CT molecular complexity index is 579. The van der Waals surface area contributed by atoms with Crippen LogP contribution in [0.15, 0.2) is 24.3 Å². The number of rotatable bonds is 6. The van der Waals surface area contributed by atoms with Gasteiger partial charge in [0.15, 0.2) is 0 Å². The van der Waals surface area contributed by atoms with E-state index in [1.165, 1.54) is 14.0 Å². The van der Waals surface area contributed by atoms with Gasteiger partial charge >= 0.3 is 5.97 Å². The number of methoxy groups -OCH3 is 1. The van der Waals surface area contributed by atoms with Gasteiger partial charge in [-0.2, -0.15) is 0 Å². The molecule has 1 rings (SSSR count). The molecular formula is C17H24N2O4. The van der Waals surface area contributed by atoms with Gasteiger partial charge in [-0.25, -0.2) is 4.79 Å². The van der Waals surface area contributed by atoms with Crippen LogP contribution in [0.25, 0.3) is 0 Å². The van der Waals surface area contributed by atoms with E-state index >= 15 is 0 Å². The molecule has 0 saturated heterocycles. The number of amides is 2. The highest BCUT2D eigenvalue weighted by Crippen LogP contribution is 2.18. The van der Waals surface area contributed by atoms with E-state index in [4.69, 9.17) is 0 Å². The van der Waals surface area contributed by atoms with Crippen LogP contribution in [0.2, 0.25) is 0 Å². The average molecular weight is 320 g/mol. The summed E-state index contributed by atoms with van der Waals surface area (Å²) in [5, 5.41) is 5.39. The first-order chi connectivity index (χ1) is 10.7. The standard InChI is InChI=1S/C17H24N2O4/c1-11-6-8-13(9-7-11)14(18-12(2)20)10-15(21)19-17(3,4)16(22)23-5/h6-9,14H,10H2,1-5H3,(H,18,20)(H,19,21). The molecule has 2 N–H and O–H groups in total. The summed E-state index contributed by atoms with van der Waals surface area (Å²) < 4.78 is 4.66. The van der Waals surface area contributed by atoms with E-state index in [-0.39, 0.29) is 18.2 Å². The second-order valence-corrected chi connectivity index (χ2v) is 6.03. The smallest absolute Gasteiger partial charge is 0.330 e. The second kappa shape index (κ2) is 7.76. The molecule has 23 heavy (non-hydrogen) atoms. The van der Waals surface area contributed by atoms with Crippen molar-refractivity contribution in [3.63, 3.8) is 0 Å². The lowest BCUT2D eigenvalue weighted by molar-refractivity contribution is -0.149. The SMILES string of the molecule is COC(=O)C(C)(C)NC(=O)CC(NC(C)=O)c1ccc(C)cc1. The van der Waals surface area contributed by atoms with Crippen LogP contribution in [0.4, 0.5) is 0 Å². The maximum absolute atomic E-state index is 12.2. The highest BCUT2D eigenvalue weighted by Gasteiger charge is 2.31. The molecule has 1 unspecified atom stereocenters. The molecule has 0 bridgehead atoms. The van der Waals surface area contributed by atoms with E-state index in [0.717, 1.165) is 11.1 Å². The molecule has 1 aromatic rings. The van der Waals surface area contributed by atoms with Gasteiger partial charge in [0.1, 0.15) is 5.54 Å². The molecule has 0 aliphatic rings. The van der Waals surface area contributed by atoms with Crippen molar-refractivity contribution >= 4 is 17.8 Å². The fourth-order valence-electron chi connectivity index (χ4n) is 2.19. The summed E-state index contributed by atoms with van der Waals surface area (Å²) in [6.07, 6.45) is 0.0308. The van der Waals surface area contributed by atoms with E-state index in [9.17, 15) is 14.4 Å². The number of carbonyl (C=O) groups excluding carboxylic acids is 3. The second-order valence-electron chi connectivity index (χ2n) is 6.03. The fourth-order valence-corrected chi connectivity index (χ4v) is 2.19. The molecule has 6 heteroatoms. The Morgan fingerprint density at radius 1 is 1.17 bits per heavy atom. The van der Waals surface area contributed by atoms with Crippen molar-refractivity contribution in [1.29, 1.82) is 0 Å². The van der Waals surface area contributed by atoms with Gasteiger partial charge in [-0.1, -0.05) is 29.8 Å². The number of carbonyl (C=O) groups is 3. The number of hydrogen-bond donors (Lipinski definition) is 2. The van der Waals surface area contributed by atoms with Gasteiger partial charge in [-0.3, -0.25) is 9.59 Å². The lowest BCUT2D eigenvalue weighted by Gasteiger charge is -2.25. The van der Waals surface area contributed by atoms with Crippen LogP contribution in [-0.4, -0.2) is 30.4 Å². The zero-order chi connectivity index (χ0) is 17.6. The third-order valence-corrected chi connectivity index (χ3v) is 3.39. The third kappa shape index (κ3) is 5.73. The number of hydrogen-bond acceptors (Lipinski definition) is 4. The van der Waals surface area contributed by atoms with Gasteiger partial charge in [0.05, 0.1) is 19.6 Å². The lowest BCUT2D eigenvalue weighted by atomic mass is 10.00. The molecule has 1 aromatic carbocycles. The van der Waals surface area contributed by atoms with Crippen molar-refractivity contribution in [1.82, 2.24) is 10.6 Å². The van der Waals surface area contributed by atoms with Crippen molar-refractivity contribution in [2.75, 3.05) is 7.11 Å². The maximum Gasteiger partial charge on any atom is 0.330 e. The average Bonchev–Trinajstić information content (AvgIpc) is 2.45. The summed E-state index contributed by atoms with van der Waals surface area (Å²) in [5.74, 6) is -1.10. The maximum atomic E-state index is 12.2. The first-order valence-electron chi connectivity index (χ1n) is 7.39. The zero-order valence-electron chi connectivity index (χ0n) is 14.2. The molecule has 0 aliphatic heterocycles. The summed E-state index contributed by atoms with van der Waals surface area (Å²) in [6.45, 7) is 6.49. The normalized spacial score (nSPS) is 12.2. The predicted molar refractivity (Wildman–Crippen MR) is 86.6 cm³/mol. The molecule has 0 spiro atoms. The molecule has 0 saturated carbocycles. The Morgan fingerprint density at radius 3 is 2.22 bits per heavy atom. The van der Waals surface area contributed by atoms with E-state index in [1.54, 1.807) is 13.8 Å². The van der Waals surface area contributed by atoms with Gasteiger partial charge in [0.2, 0.25) is 11.8 Å². The van der Waals surface area contributed by atoms with Crippen LogP contribution >= 0.6 is 0 Å². The Labute approximate surface area is 136 Å². The van der Waals surface area contributed by atoms with Gasteiger partial charge < -0.3 is 15.4 Å².